The number of halogens is 1. The molecule has 19 heavy (non-hydrogen) atoms. The van der Waals surface area contributed by atoms with Gasteiger partial charge in [0.2, 0.25) is 5.91 Å². The molecule has 1 fully saturated rings. The normalized spacial score (nSPS) is 14.3. The Morgan fingerprint density at radius 2 is 2.21 bits per heavy atom. The fourth-order valence-corrected chi connectivity index (χ4v) is 2.40. The first-order valence-corrected chi connectivity index (χ1v) is 7.15. The van der Waals surface area contributed by atoms with Gasteiger partial charge in [0.05, 0.1) is 0 Å². The van der Waals surface area contributed by atoms with E-state index in [2.05, 4.69) is 21.2 Å². The van der Waals surface area contributed by atoms with Crippen LogP contribution in [0.4, 0.5) is 0 Å². The fourth-order valence-electron chi connectivity index (χ4n) is 1.96. The molecule has 1 aromatic rings. The second-order valence-electron chi connectivity index (χ2n) is 4.83. The molecule has 1 saturated carbocycles. The Labute approximate surface area is 121 Å². The van der Waals surface area contributed by atoms with E-state index < -0.39 is 0 Å². The molecular formula is C13H18BrN3O2. The summed E-state index contributed by atoms with van der Waals surface area (Å²) >= 11 is 3.41. The molecule has 2 rings (SSSR count). The molecule has 0 spiro atoms. The van der Waals surface area contributed by atoms with Crippen molar-refractivity contribution in [3.8, 4) is 0 Å². The third-order valence-corrected chi connectivity index (χ3v) is 3.71. The molecule has 1 aliphatic rings. The SMILES string of the molecule is CNC(=O)CCN(C)C(=O)c1cc(Br)cn1C1CC1. The molecule has 0 unspecified atom stereocenters. The van der Waals surface area contributed by atoms with Crippen molar-refractivity contribution in [1.82, 2.24) is 14.8 Å². The highest BCUT2D eigenvalue weighted by Gasteiger charge is 2.28. The van der Waals surface area contributed by atoms with E-state index in [9.17, 15) is 9.59 Å². The van der Waals surface area contributed by atoms with Crippen molar-refractivity contribution >= 4 is 27.7 Å². The van der Waals surface area contributed by atoms with E-state index in [0.29, 0.717) is 24.7 Å². The van der Waals surface area contributed by atoms with E-state index in [1.54, 1.807) is 19.0 Å². The molecule has 0 radical (unpaired) electrons. The van der Waals surface area contributed by atoms with E-state index in [-0.39, 0.29) is 11.8 Å². The second kappa shape index (κ2) is 5.77. The zero-order valence-corrected chi connectivity index (χ0v) is 12.7. The minimum absolute atomic E-state index is 0.0403. The van der Waals surface area contributed by atoms with Gasteiger partial charge in [0.25, 0.3) is 5.91 Å². The van der Waals surface area contributed by atoms with Crippen molar-refractivity contribution in [2.45, 2.75) is 25.3 Å². The summed E-state index contributed by atoms with van der Waals surface area (Å²) in [5, 5.41) is 2.55. The largest absolute Gasteiger partial charge is 0.359 e. The summed E-state index contributed by atoms with van der Waals surface area (Å²) in [6.45, 7) is 0.423. The molecule has 6 heteroatoms. The monoisotopic (exact) mass is 327 g/mol. The van der Waals surface area contributed by atoms with Crippen molar-refractivity contribution in [3.05, 3.63) is 22.4 Å². The van der Waals surface area contributed by atoms with E-state index >= 15 is 0 Å². The molecule has 1 aliphatic carbocycles. The molecule has 0 bridgehead atoms. The average Bonchev–Trinajstić information content (AvgIpc) is 3.17. The van der Waals surface area contributed by atoms with Crippen LogP contribution in [0.2, 0.25) is 0 Å². The maximum atomic E-state index is 12.4. The van der Waals surface area contributed by atoms with Crippen LogP contribution in [-0.4, -0.2) is 41.9 Å². The van der Waals surface area contributed by atoms with Crippen LogP contribution in [0.3, 0.4) is 0 Å². The smallest absolute Gasteiger partial charge is 0.270 e. The van der Waals surface area contributed by atoms with Crippen LogP contribution in [0.1, 0.15) is 35.8 Å². The molecule has 0 aromatic carbocycles. The Balaban J connectivity index is 2.04. The maximum Gasteiger partial charge on any atom is 0.270 e. The molecular weight excluding hydrogens is 310 g/mol. The van der Waals surface area contributed by atoms with E-state index in [0.717, 1.165) is 17.3 Å². The van der Waals surface area contributed by atoms with Crippen molar-refractivity contribution in [1.29, 1.82) is 0 Å². The van der Waals surface area contributed by atoms with Crippen LogP contribution in [0, 0.1) is 0 Å². The summed E-state index contributed by atoms with van der Waals surface area (Å²) < 4.78 is 2.95. The van der Waals surface area contributed by atoms with Gasteiger partial charge < -0.3 is 14.8 Å². The Kier molecular flexibility index (Phi) is 4.29. The summed E-state index contributed by atoms with van der Waals surface area (Å²) in [6, 6.07) is 2.30. The van der Waals surface area contributed by atoms with E-state index in [1.165, 1.54) is 0 Å². The summed E-state index contributed by atoms with van der Waals surface area (Å²) in [7, 11) is 3.32. The average molecular weight is 328 g/mol. The number of hydrogen-bond donors (Lipinski definition) is 1. The predicted molar refractivity (Wildman–Crippen MR) is 76.0 cm³/mol. The standard InChI is InChI=1S/C13H18BrN3O2/c1-15-12(18)5-6-16(2)13(19)11-7-9(14)8-17(11)10-3-4-10/h7-8,10H,3-6H2,1-2H3,(H,15,18). The number of hydrogen-bond acceptors (Lipinski definition) is 2. The third kappa shape index (κ3) is 3.37. The molecule has 0 atom stereocenters. The highest BCUT2D eigenvalue weighted by molar-refractivity contribution is 9.10. The molecule has 104 valence electrons. The molecule has 5 nitrogen and oxygen atoms in total. The first-order valence-electron chi connectivity index (χ1n) is 6.36. The van der Waals surface area contributed by atoms with Gasteiger partial charge in [0, 0.05) is 43.8 Å². The lowest BCUT2D eigenvalue weighted by molar-refractivity contribution is -0.120. The molecule has 0 saturated heterocycles. The van der Waals surface area contributed by atoms with Crippen LogP contribution in [0.5, 0.6) is 0 Å². The summed E-state index contributed by atoms with van der Waals surface area (Å²) in [5.74, 6) is -0.0973. The summed E-state index contributed by atoms with van der Waals surface area (Å²) in [6.07, 6.45) is 4.54. The molecule has 1 aromatic heterocycles. The predicted octanol–water partition coefficient (Wildman–Crippen LogP) is 1.79. The van der Waals surface area contributed by atoms with Gasteiger partial charge in [0.1, 0.15) is 5.69 Å². The lowest BCUT2D eigenvalue weighted by atomic mass is 10.3. The Morgan fingerprint density at radius 3 is 2.79 bits per heavy atom. The van der Waals surface area contributed by atoms with Crippen molar-refractivity contribution in [2.75, 3.05) is 20.6 Å². The number of rotatable bonds is 5. The number of aromatic nitrogens is 1. The van der Waals surface area contributed by atoms with Gasteiger partial charge >= 0.3 is 0 Å². The zero-order chi connectivity index (χ0) is 14.0. The minimum atomic E-state index is -0.0570. The number of carbonyl (C=O) groups is 2. The Hall–Kier alpha value is -1.30. The quantitative estimate of drug-likeness (QED) is 0.896. The second-order valence-corrected chi connectivity index (χ2v) is 5.75. The Morgan fingerprint density at radius 1 is 1.53 bits per heavy atom. The fraction of sp³-hybridized carbons (Fsp3) is 0.538. The van der Waals surface area contributed by atoms with Gasteiger partial charge in [-0.25, -0.2) is 0 Å². The van der Waals surface area contributed by atoms with Crippen LogP contribution in [-0.2, 0) is 4.79 Å². The lowest BCUT2D eigenvalue weighted by Crippen LogP contribution is -2.32. The highest BCUT2D eigenvalue weighted by Crippen LogP contribution is 2.37. The van der Waals surface area contributed by atoms with Crippen molar-refractivity contribution in [2.24, 2.45) is 0 Å². The van der Waals surface area contributed by atoms with Crippen molar-refractivity contribution < 1.29 is 9.59 Å². The Bertz CT molecular complexity index is 494. The molecule has 2 amide bonds. The third-order valence-electron chi connectivity index (χ3n) is 3.27. The number of nitrogens with zero attached hydrogens (tertiary/aromatic N) is 2. The molecule has 1 N–H and O–H groups in total. The van der Waals surface area contributed by atoms with E-state index in [1.807, 2.05) is 16.8 Å². The molecule has 0 aliphatic heterocycles. The summed E-state index contributed by atoms with van der Waals surface area (Å²) in [5.41, 5.74) is 0.689. The lowest BCUT2D eigenvalue weighted by Gasteiger charge is -2.17. The van der Waals surface area contributed by atoms with Crippen LogP contribution in [0.15, 0.2) is 16.7 Å². The first kappa shape index (κ1) is 14.1. The number of amides is 2. The van der Waals surface area contributed by atoms with Crippen LogP contribution in [0.25, 0.3) is 0 Å². The van der Waals surface area contributed by atoms with Gasteiger partial charge in [-0.2, -0.15) is 0 Å². The minimum Gasteiger partial charge on any atom is -0.359 e. The van der Waals surface area contributed by atoms with Crippen LogP contribution < -0.4 is 5.32 Å². The van der Waals surface area contributed by atoms with Crippen molar-refractivity contribution in [3.63, 3.8) is 0 Å². The van der Waals surface area contributed by atoms with Gasteiger partial charge in [-0.1, -0.05) is 0 Å². The maximum absolute atomic E-state index is 12.4. The van der Waals surface area contributed by atoms with Gasteiger partial charge in [-0.3, -0.25) is 9.59 Å². The number of carbonyl (C=O) groups excluding carboxylic acids is 2. The number of nitrogens with one attached hydrogen (secondary N) is 1. The summed E-state index contributed by atoms with van der Waals surface area (Å²) in [4.78, 5) is 25.2. The van der Waals surface area contributed by atoms with E-state index in [4.69, 9.17) is 0 Å². The molecule has 1 heterocycles. The topological polar surface area (TPSA) is 54.3 Å². The van der Waals surface area contributed by atoms with Gasteiger partial charge in [-0.15, -0.1) is 0 Å². The highest BCUT2D eigenvalue weighted by atomic mass is 79.9. The van der Waals surface area contributed by atoms with Gasteiger partial charge in [-0.05, 0) is 34.8 Å². The zero-order valence-electron chi connectivity index (χ0n) is 11.1. The first-order chi connectivity index (χ1) is 9.02. The van der Waals surface area contributed by atoms with Gasteiger partial charge in [0.15, 0.2) is 0 Å². The van der Waals surface area contributed by atoms with Crippen LogP contribution >= 0.6 is 15.9 Å².